The second-order valence-electron chi connectivity index (χ2n) is 4.03. The maximum atomic E-state index is 13.8. The van der Waals surface area contributed by atoms with Crippen LogP contribution in [-0.4, -0.2) is 8.42 Å². The molecule has 0 unspecified atom stereocenters. The van der Waals surface area contributed by atoms with Gasteiger partial charge in [-0.05, 0) is 24.3 Å². The van der Waals surface area contributed by atoms with E-state index < -0.39 is 14.9 Å². The summed E-state index contributed by atoms with van der Waals surface area (Å²) in [5.74, 6) is -0.954. The Bertz CT molecular complexity index is 778. The van der Waals surface area contributed by atoms with Crippen LogP contribution >= 0.6 is 33.9 Å². The standard InChI is InChI=1S/C13H8Cl3FO3S/c14-10-3-1-2-8(13(10)15)7-20-12-5-4-9(6-11(12)17)21(16,18)19/h1-6H,7H2. The van der Waals surface area contributed by atoms with Gasteiger partial charge in [-0.2, -0.15) is 0 Å². The summed E-state index contributed by atoms with van der Waals surface area (Å²) < 4.78 is 41.2. The summed E-state index contributed by atoms with van der Waals surface area (Å²) in [6.07, 6.45) is 0. The van der Waals surface area contributed by atoms with Gasteiger partial charge < -0.3 is 4.74 Å². The Hall–Kier alpha value is -1.01. The van der Waals surface area contributed by atoms with Gasteiger partial charge in [-0.25, -0.2) is 12.8 Å². The number of benzene rings is 2. The third-order valence-corrected chi connectivity index (χ3v) is 4.81. The van der Waals surface area contributed by atoms with E-state index in [0.717, 1.165) is 12.1 Å². The summed E-state index contributed by atoms with van der Waals surface area (Å²) >= 11 is 11.8. The van der Waals surface area contributed by atoms with Crippen molar-refractivity contribution in [2.45, 2.75) is 11.5 Å². The van der Waals surface area contributed by atoms with E-state index in [1.807, 2.05) is 0 Å². The lowest BCUT2D eigenvalue weighted by Crippen LogP contribution is -2.00. The maximum absolute atomic E-state index is 13.8. The van der Waals surface area contributed by atoms with E-state index in [2.05, 4.69) is 0 Å². The van der Waals surface area contributed by atoms with Gasteiger partial charge in [-0.3, -0.25) is 0 Å². The normalized spacial score (nSPS) is 11.4. The lowest BCUT2D eigenvalue weighted by molar-refractivity contribution is 0.290. The number of hydrogen-bond donors (Lipinski definition) is 0. The molecule has 0 saturated carbocycles. The van der Waals surface area contributed by atoms with Crippen molar-refractivity contribution in [3.63, 3.8) is 0 Å². The van der Waals surface area contributed by atoms with Crippen LogP contribution in [0.2, 0.25) is 10.0 Å². The Morgan fingerprint density at radius 2 is 1.86 bits per heavy atom. The van der Waals surface area contributed by atoms with Gasteiger partial charge in [0, 0.05) is 16.2 Å². The van der Waals surface area contributed by atoms with E-state index in [9.17, 15) is 12.8 Å². The molecule has 0 N–H and O–H groups in total. The molecule has 2 aromatic rings. The summed E-state index contributed by atoms with van der Waals surface area (Å²) in [5.41, 5.74) is 0.581. The Labute approximate surface area is 135 Å². The highest BCUT2D eigenvalue weighted by molar-refractivity contribution is 8.13. The first kappa shape index (κ1) is 16.4. The van der Waals surface area contributed by atoms with E-state index in [-0.39, 0.29) is 17.3 Å². The van der Waals surface area contributed by atoms with Gasteiger partial charge in [0.2, 0.25) is 0 Å². The average molecular weight is 370 g/mol. The molecule has 0 aliphatic rings. The van der Waals surface area contributed by atoms with Crippen molar-refractivity contribution in [3.8, 4) is 5.75 Å². The Balaban J connectivity index is 2.19. The van der Waals surface area contributed by atoms with Crippen molar-refractivity contribution < 1.29 is 17.5 Å². The molecule has 0 amide bonds. The molecule has 0 aromatic heterocycles. The number of rotatable bonds is 4. The molecule has 0 aliphatic heterocycles. The highest BCUT2D eigenvalue weighted by Gasteiger charge is 2.14. The molecule has 112 valence electrons. The predicted octanol–water partition coefficient (Wildman–Crippen LogP) is 4.64. The minimum atomic E-state index is -3.98. The molecular formula is C13H8Cl3FO3S. The van der Waals surface area contributed by atoms with Gasteiger partial charge in [0.05, 0.1) is 14.9 Å². The van der Waals surface area contributed by atoms with Gasteiger partial charge in [-0.1, -0.05) is 35.3 Å². The van der Waals surface area contributed by atoms with Crippen molar-refractivity contribution in [2.24, 2.45) is 0 Å². The van der Waals surface area contributed by atoms with Crippen LogP contribution in [-0.2, 0) is 15.7 Å². The maximum Gasteiger partial charge on any atom is 0.261 e. The van der Waals surface area contributed by atoms with Crippen molar-refractivity contribution in [1.29, 1.82) is 0 Å². The van der Waals surface area contributed by atoms with Gasteiger partial charge in [-0.15, -0.1) is 0 Å². The first-order valence-corrected chi connectivity index (χ1v) is 8.65. The van der Waals surface area contributed by atoms with Crippen molar-refractivity contribution >= 4 is 42.9 Å². The zero-order valence-corrected chi connectivity index (χ0v) is 13.4. The molecule has 0 saturated heterocycles. The minimum Gasteiger partial charge on any atom is -0.486 e. The molecule has 0 aliphatic carbocycles. The van der Waals surface area contributed by atoms with Crippen LogP contribution in [0.1, 0.15) is 5.56 Å². The molecule has 3 nitrogen and oxygen atoms in total. The fourth-order valence-electron chi connectivity index (χ4n) is 1.57. The summed E-state index contributed by atoms with van der Waals surface area (Å²) in [6.45, 7) is -0.0106. The lowest BCUT2D eigenvalue weighted by Gasteiger charge is -2.10. The van der Waals surface area contributed by atoms with E-state index in [1.54, 1.807) is 18.2 Å². The SMILES string of the molecule is O=S(=O)(Cl)c1ccc(OCc2cccc(Cl)c2Cl)c(F)c1. The highest BCUT2D eigenvalue weighted by Crippen LogP contribution is 2.28. The Kier molecular flexibility index (Phi) is 4.99. The van der Waals surface area contributed by atoms with Gasteiger partial charge >= 0.3 is 0 Å². The highest BCUT2D eigenvalue weighted by atomic mass is 35.7. The summed E-state index contributed by atoms with van der Waals surface area (Å²) in [6, 6.07) is 8.12. The molecule has 0 radical (unpaired) electrons. The molecule has 0 bridgehead atoms. The Morgan fingerprint density at radius 3 is 2.48 bits per heavy atom. The molecule has 21 heavy (non-hydrogen) atoms. The predicted molar refractivity (Wildman–Crippen MR) is 80.2 cm³/mol. The molecule has 8 heteroatoms. The van der Waals surface area contributed by atoms with Crippen LogP contribution in [0.25, 0.3) is 0 Å². The van der Waals surface area contributed by atoms with Gasteiger partial charge in [0.25, 0.3) is 9.05 Å². The molecule has 0 atom stereocenters. The zero-order chi connectivity index (χ0) is 15.6. The van der Waals surface area contributed by atoms with E-state index in [0.29, 0.717) is 15.6 Å². The third-order valence-electron chi connectivity index (χ3n) is 2.60. The van der Waals surface area contributed by atoms with E-state index in [1.165, 1.54) is 6.07 Å². The second kappa shape index (κ2) is 6.40. The van der Waals surface area contributed by atoms with Crippen molar-refractivity contribution in [2.75, 3.05) is 0 Å². The van der Waals surface area contributed by atoms with Gasteiger partial charge in [0.1, 0.15) is 6.61 Å². The van der Waals surface area contributed by atoms with Crippen LogP contribution in [0.5, 0.6) is 5.75 Å². The van der Waals surface area contributed by atoms with Crippen LogP contribution in [0.3, 0.4) is 0 Å². The Morgan fingerprint density at radius 1 is 1.14 bits per heavy atom. The number of halogens is 4. The molecular weight excluding hydrogens is 362 g/mol. The van der Waals surface area contributed by atoms with Crippen LogP contribution < -0.4 is 4.74 Å². The van der Waals surface area contributed by atoms with Crippen LogP contribution in [0.4, 0.5) is 4.39 Å². The summed E-state index contributed by atoms with van der Waals surface area (Å²) in [7, 11) is 1.14. The lowest BCUT2D eigenvalue weighted by atomic mass is 10.2. The van der Waals surface area contributed by atoms with Crippen LogP contribution in [0, 0.1) is 5.82 Å². The third kappa shape index (κ3) is 4.01. The zero-order valence-electron chi connectivity index (χ0n) is 10.3. The number of ether oxygens (including phenoxy) is 1. The van der Waals surface area contributed by atoms with E-state index in [4.69, 9.17) is 38.6 Å². The second-order valence-corrected chi connectivity index (χ2v) is 7.38. The number of hydrogen-bond acceptors (Lipinski definition) is 3. The van der Waals surface area contributed by atoms with Crippen molar-refractivity contribution in [1.82, 2.24) is 0 Å². The topological polar surface area (TPSA) is 43.4 Å². The quantitative estimate of drug-likeness (QED) is 0.737. The summed E-state index contributed by atoms with van der Waals surface area (Å²) in [4.78, 5) is -0.338. The average Bonchev–Trinajstić information content (AvgIpc) is 2.40. The van der Waals surface area contributed by atoms with Gasteiger partial charge in [0.15, 0.2) is 11.6 Å². The molecule has 0 spiro atoms. The largest absolute Gasteiger partial charge is 0.486 e. The first-order valence-electron chi connectivity index (χ1n) is 5.59. The molecule has 0 fully saturated rings. The summed E-state index contributed by atoms with van der Waals surface area (Å²) in [5, 5.41) is 0.682. The van der Waals surface area contributed by atoms with Crippen LogP contribution in [0.15, 0.2) is 41.3 Å². The molecule has 2 aromatic carbocycles. The fourth-order valence-corrected chi connectivity index (χ4v) is 2.70. The van der Waals surface area contributed by atoms with Crippen molar-refractivity contribution in [3.05, 3.63) is 57.8 Å². The first-order chi connectivity index (χ1) is 9.79. The monoisotopic (exact) mass is 368 g/mol. The fraction of sp³-hybridized carbons (Fsp3) is 0.0769. The molecule has 2 rings (SSSR count). The van der Waals surface area contributed by atoms with E-state index >= 15 is 0 Å². The molecule has 0 heterocycles. The minimum absolute atomic E-state index is 0.0106. The smallest absolute Gasteiger partial charge is 0.261 e.